The molecule has 2 aromatic carbocycles. The number of fused-ring (bicyclic) bond motifs is 1. The maximum Gasteiger partial charge on any atom is 0.198 e. The van der Waals surface area contributed by atoms with Crippen LogP contribution in [0.15, 0.2) is 78.0 Å². The van der Waals surface area contributed by atoms with Crippen molar-refractivity contribution < 1.29 is 4.55 Å². The molecule has 0 spiro atoms. The zero-order valence-electron chi connectivity index (χ0n) is 18.5. The monoisotopic (exact) mass is 456 g/mol. The van der Waals surface area contributed by atoms with Crippen molar-refractivity contribution in [3.05, 3.63) is 78.6 Å². The van der Waals surface area contributed by atoms with Gasteiger partial charge in [-0.15, -0.1) is 0 Å². The third-order valence-electron chi connectivity index (χ3n) is 6.01. The van der Waals surface area contributed by atoms with Crippen molar-refractivity contribution in [1.29, 1.82) is 5.26 Å². The molecule has 1 fully saturated rings. The predicted molar refractivity (Wildman–Crippen MR) is 132 cm³/mol. The average Bonchev–Trinajstić information content (AvgIpc) is 3.22. The van der Waals surface area contributed by atoms with Gasteiger partial charge < -0.3 is 19.7 Å². The van der Waals surface area contributed by atoms with Gasteiger partial charge in [0.15, 0.2) is 4.90 Å². The van der Waals surface area contributed by atoms with E-state index in [2.05, 4.69) is 52.4 Å². The standard InChI is InChI=1S/C25H24N6OS/c1-29(2)22-16-30(17-22)21-9-7-20(8-10-21)28-25-13-23-19(15-27-25)11-12-31(23)33(32)24-6-4-3-5-18(24)14-26/h3-13,15,22H,16-17H2,1-2H3,(H,27,28). The van der Waals surface area contributed by atoms with Crippen molar-refractivity contribution >= 4 is 39.5 Å². The Morgan fingerprint density at radius 3 is 2.61 bits per heavy atom. The van der Waals surface area contributed by atoms with E-state index in [9.17, 15) is 9.81 Å². The molecule has 1 aliphatic rings. The molecule has 1 N–H and O–H groups in total. The molecule has 0 saturated carbocycles. The minimum Gasteiger partial charge on any atom is -0.587 e. The van der Waals surface area contributed by atoms with E-state index in [-0.39, 0.29) is 0 Å². The summed E-state index contributed by atoms with van der Waals surface area (Å²) in [5, 5.41) is 13.6. The van der Waals surface area contributed by atoms with Crippen LogP contribution < -0.4 is 10.2 Å². The first kappa shape index (κ1) is 21.3. The molecule has 0 amide bonds. The lowest BCUT2D eigenvalue weighted by Gasteiger charge is -2.44. The van der Waals surface area contributed by atoms with E-state index in [1.807, 2.05) is 24.3 Å². The van der Waals surface area contributed by atoms with Gasteiger partial charge in [0.2, 0.25) is 0 Å². The first-order chi connectivity index (χ1) is 16.0. The smallest absolute Gasteiger partial charge is 0.198 e. The SMILES string of the molecule is CN(C)C1CN(c2ccc(Nc3cc4c(ccn4[S+]([O-])c4ccccc4C#N)cn3)cc2)C1. The molecule has 5 rings (SSSR count). The van der Waals surface area contributed by atoms with E-state index < -0.39 is 11.4 Å². The molecular weight excluding hydrogens is 432 g/mol. The van der Waals surface area contributed by atoms with Gasteiger partial charge in [-0.1, -0.05) is 12.1 Å². The number of hydrogen-bond donors (Lipinski definition) is 1. The highest BCUT2D eigenvalue weighted by Crippen LogP contribution is 2.28. The Kier molecular flexibility index (Phi) is 5.68. The average molecular weight is 457 g/mol. The van der Waals surface area contributed by atoms with Gasteiger partial charge in [0.05, 0.1) is 6.20 Å². The van der Waals surface area contributed by atoms with Crippen LogP contribution in [0.1, 0.15) is 5.56 Å². The highest BCUT2D eigenvalue weighted by molar-refractivity contribution is 7.90. The second-order valence-corrected chi connectivity index (χ2v) is 9.65. The summed E-state index contributed by atoms with van der Waals surface area (Å²) in [6, 6.07) is 21.8. The lowest BCUT2D eigenvalue weighted by atomic mass is 10.1. The minimum absolute atomic E-state index is 0.407. The van der Waals surface area contributed by atoms with Crippen molar-refractivity contribution in [3.63, 3.8) is 0 Å². The molecule has 8 heteroatoms. The zero-order chi connectivity index (χ0) is 22.9. The Hall–Kier alpha value is -3.51. The Labute approximate surface area is 196 Å². The molecule has 1 aliphatic heterocycles. The third kappa shape index (κ3) is 4.14. The predicted octanol–water partition coefficient (Wildman–Crippen LogP) is 3.97. The van der Waals surface area contributed by atoms with Crippen molar-refractivity contribution in [2.24, 2.45) is 0 Å². The fraction of sp³-hybridized carbons (Fsp3) is 0.200. The maximum absolute atomic E-state index is 13.2. The zero-order valence-corrected chi connectivity index (χ0v) is 19.3. The van der Waals surface area contributed by atoms with Crippen molar-refractivity contribution in [2.45, 2.75) is 10.9 Å². The van der Waals surface area contributed by atoms with Gasteiger partial charge in [0, 0.05) is 48.2 Å². The summed E-state index contributed by atoms with van der Waals surface area (Å²) in [4.78, 5) is 9.61. The summed E-state index contributed by atoms with van der Waals surface area (Å²) < 4.78 is 14.9. The summed E-state index contributed by atoms with van der Waals surface area (Å²) in [6.45, 7) is 2.09. The lowest BCUT2D eigenvalue weighted by Crippen LogP contribution is -2.57. The molecule has 3 heterocycles. The highest BCUT2D eigenvalue weighted by Gasteiger charge is 2.28. The molecule has 7 nitrogen and oxygen atoms in total. The fourth-order valence-corrected chi connectivity index (χ4v) is 5.15. The Morgan fingerprint density at radius 2 is 1.88 bits per heavy atom. The van der Waals surface area contributed by atoms with Crippen LogP contribution in [0.3, 0.4) is 0 Å². The van der Waals surface area contributed by atoms with Crippen molar-refractivity contribution in [2.75, 3.05) is 37.4 Å². The van der Waals surface area contributed by atoms with Crippen LogP contribution in [0.2, 0.25) is 0 Å². The Balaban J connectivity index is 1.35. The van der Waals surface area contributed by atoms with E-state index in [4.69, 9.17) is 0 Å². The summed E-state index contributed by atoms with van der Waals surface area (Å²) in [5.74, 6) is 0.664. The summed E-state index contributed by atoms with van der Waals surface area (Å²) in [7, 11) is 4.24. The molecule has 1 unspecified atom stereocenters. The van der Waals surface area contributed by atoms with Crippen molar-refractivity contribution in [1.82, 2.24) is 13.9 Å². The van der Waals surface area contributed by atoms with Gasteiger partial charge in [0.1, 0.15) is 34.3 Å². The van der Waals surface area contributed by atoms with Gasteiger partial charge in [-0.2, -0.15) is 9.23 Å². The molecule has 33 heavy (non-hydrogen) atoms. The summed E-state index contributed by atoms with van der Waals surface area (Å²) in [5.41, 5.74) is 3.33. The maximum atomic E-state index is 13.2. The molecule has 0 aliphatic carbocycles. The number of nitriles is 1. The number of likely N-dealkylation sites (N-methyl/N-ethyl adjacent to an activating group) is 1. The van der Waals surface area contributed by atoms with Gasteiger partial charge in [0.25, 0.3) is 0 Å². The van der Waals surface area contributed by atoms with E-state index in [1.54, 1.807) is 40.6 Å². The molecular formula is C25H24N6OS. The van der Waals surface area contributed by atoms with Gasteiger partial charge in [-0.05, 0) is 56.6 Å². The molecule has 1 saturated heterocycles. The number of pyridine rings is 1. The van der Waals surface area contributed by atoms with Crippen LogP contribution >= 0.6 is 0 Å². The van der Waals surface area contributed by atoms with Crippen LogP contribution in [0.25, 0.3) is 10.9 Å². The fourth-order valence-electron chi connectivity index (χ4n) is 3.93. The molecule has 4 aromatic rings. The van der Waals surface area contributed by atoms with Gasteiger partial charge in [-0.25, -0.2) is 4.98 Å². The van der Waals surface area contributed by atoms with E-state index in [0.29, 0.717) is 22.3 Å². The summed E-state index contributed by atoms with van der Waals surface area (Å²) >= 11 is -1.54. The molecule has 2 aromatic heterocycles. The second-order valence-electron chi connectivity index (χ2n) is 8.32. The van der Waals surface area contributed by atoms with E-state index in [1.165, 1.54) is 5.69 Å². The first-order valence-electron chi connectivity index (χ1n) is 10.7. The lowest BCUT2D eigenvalue weighted by molar-refractivity contribution is 0.247. The van der Waals surface area contributed by atoms with Crippen LogP contribution in [-0.2, 0) is 11.4 Å². The van der Waals surface area contributed by atoms with Crippen LogP contribution in [0.5, 0.6) is 0 Å². The number of nitrogens with one attached hydrogen (secondary N) is 1. The number of hydrogen-bond acceptors (Lipinski definition) is 6. The number of anilines is 3. The summed E-state index contributed by atoms with van der Waals surface area (Å²) in [6.07, 6.45) is 3.53. The minimum atomic E-state index is -1.54. The van der Waals surface area contributed by atoms with Crippen LogP contribution in [-0.4, -0.2) is 51.6 Å². The van der Waals surface area contributed by atoms with Crippen molar-refractivity contribution in [3.8, 4) is 6.07 Å². The third-order valence-corrected chi connectivity index (χ3v) is 7.42. The van der Waals surface area contributed by atoms with E-state index in [0.717, 1.165) is 29.7 Å². The number of aromatic nitrogens is 2. The van der Waals surface area contributed by atoms with Crippen LogP contribution in [0, 0.1) is 11.3 Å². The number of nitrogens with zero attached hydrogens (tertiary/aromatic N) is 5. The quantitative estimate of drug-likeness (QED) is 0.442. The van der Waals surface area contributed by atoms with Gasteiger partial charge in [-0.3, -0.25) is 0 Å². The molecule has 1 atom stereocenters. The Morgan fingerprint density at radius 1 is 1.12 bits per heavy atom. The topological polar surface area (TPSA) is 83.2 Å². The molecule has 0 bridgehead atoms. The highest BCUT2D eigenvalue weighted by atomic mass is 32.2. The molecule has 0 radical (unpaired) electrons. The molecule has 166 valence electrons. The first-order valence-corrected chi connectivity index (χ1v) is 11.8. The van der Waals surface area contributed by atoms with E-state index >= 15 is 0 Å². The Bertz CT molecular complexity index is 1320. The normalized spacial score (nSPS) is 14.8. The van der Waals surface area contributed by atoms with Gasteiger partial charge >= 0.3 is 0 Å². The van der Waals surface area contributed by atoms with Crippen LogP contribution in [0.4, 0.5) is 17.2 Å². The number of rotatable bonds is 6. The second kappa shape index (κ2) is 8.79. The number of benzene rings is 2. The largest absolute Gasteiger partial charge is 0.587 e.